The maximum atomic E-state index is 11.3. The summed E-state index contributed by atoms with van der Waals surface area (Å²) in [5.74, 6) is 0. The first-order valence-corrected chi connectivity index (χ1v) is 6.87. The van der Waals surface area contributed by atoms with Gasteiger partial charge in [-0.1, -0.05) is 19.1 Å². The Bertz CT molecular complexity index is 426. The Kier molecular flexibility index (Phi) is 3.88. The van der Waals surface area contributed by atoms with Gasteiger partial charge in [0.2, 0.25) is 0 Å². The lowest BCUT2D eigenvalue weighted by Gasteiger charge is -2.13. The van der Waals surface area contributed by atoms with Gasteiger partial charge >= 0.3 is 0 Å². The highest BCUT2D eigenvalue weighted by atomic mass is 32.2. The maximum Gasteiger partial charge on any atom is 0.175 e. The van der Waals surface area contributed by atoms with Crippen LogP contribution in [0.25, 0.3) is 0 Å². The number of nitrogens with one attached hydrogen (secondary N) is 1. The van der Waals surface area contributed by atoms with Crippen LogP contribution in [0.1, 0.15) is 25.5 Å². The van der Waals surface area contributed by atoms with Gasteiger partial charge in [0, 0.05) is 12.3 Å². The van der Waals surface area contributed by atoms with E-state index in [1.54, 1.807) is 18.2 Å². The molecule has 0 saturated carbocycles. The Morgan fingerprint density at radius 2 is 2.07 bits per heavy atom. The zero-order chi connectivity index (χ0) is 11.5. The molecule has 0 aromatic heterocycles. The summed E-state index contributed by atoms with van der Waals surface area (Å²) in [6.45, 7) is 4.91. The number of sulfone groups is 1. The largest absolute Gasteiger partial charge is 0.310 e. The van der Waals surface area contributed by atoms with Crippen LogP contribution in [0, 0.1) is 0 Å². The SMILES string of the molecule is CCNC(C)c1cccc(S(C)(=O)=O)c1. The Morgan fingerprint density at radius 1 is 1.40 bits per heavy atom. The topological polar surface area (TPSA) is 46.2 Å². The van der Waals surface area contributed by atoms with Gasteiger partial charge in [0.05, 0.1) is 4.90 Å². The van der Waals surface area contributed by atoms with E-state index in [4.69, 9.17) is 0 Å². The van der Waals surface area contributed by atoms with Crippen LogP contribution in [-0.4, -0.2) is 21.2 Å². The molecule has 0 spiro atoms. The number of rotatable bonds is 4. The molecule has 0 radical (unpaired) electrons. The van der Waals surface area contributed by atoms with Crippen molar-refractivity contribution >= 4 is 9.84 Å². The predicted octanol–water partition coefficient (Wildman–Crippen LogP) is 1.76. The van der Waals surface area contributed by atoms with E-state index in [-0.39, 0.29) is 6.04 Å². The van der Waals surface area contributed by atoms with Crippen molar-refractivity contribution in [1.29, 1.82) is 0 Å². The first-order chi connectivity index (χ1) is 6.95. The van der Waals surface area contributed by atoms with Crippen molar-refractivity contribution in [2.45, 2.75) is 24.8 Å². The molecule has 1 rings (SSSR count). The molecule has 0 aliphatic carbocycles. The quantitative estimate of drug-likeness (QED) is 0.852. The Morgan fingerprint density at radius 3 is 2.60 bits per heavy atom. The fraction of sp³-hybridized carbons (Fsp3) is 0.455. The van der Waals surface area contributed by atoms with Crippen molar-refractivity contribution < 1.29 is 8.42 Å². The summed E-state index contributed by atoms with van der Waals surface area (Å²) in [7, 11) is -3.10. The molecule has 1 atom stereocenters. The molecular weight excluding hydrogens is 210 g/mol. The van der Waals surface area contributed by atoms with Gasteiger partial charge in [0.15, 0.2) is 9.84 Å². The Balaban J connectivity index is 3.03. The minimum atomic E-state index is -3.10. The van der Waals surface area contributed by atoms with Gasteiger partial charge in [-0.25, -0.2) is 8.42 Å². The minimum Gasteiger partial charge on any atom is -0.310 e. The van der Waals surface area contributed by atoms with Gasteiger partial charge in [-0.15, -0.1) is 0 Å². The molecule has 1 unspecified atom stereocenters. The minimum absolute atomic E-state index is 0.177. The normalized spacial score (nSPS) is 13.8. The summed E-state index contributed by atoms with van der Waals surface area (Å²) >= 11 is 0. The molecule has 1 N–H and O–H groups in total. The third-order valence-electron chi connectivity index (χ3n) is 2.30. The zero-order valence-electron chi connectivity index (χ0n) is 9.32. The summed E-state index contributed by atoms with van der Waals surface area (Å²) in [6.07, 6.45) is 1.23. The van der Waals surface area contributed by atoms with E-state index >= 15 is 0 Å². The van der Waals surface area contributed by atoms with Gasteiger partial charge in [0.25, 0.3) is 0 Å². The third kappa shape index (κ3) is 3.32. The van der Waals surface area contributed by atoms with E-state index in [1.807, 2.05) is 19.9 Å². The van der Waals surface area contributed by atoms with E-state index in [2.05, 4.69) is 5.32 Å². The Hall–Kier alpha value is -0.870. The molecule has 0 aliphatic rings. The average Bonchev–Trinajstić information content (AvgIpc) is 2.17. The molecule has 1 aromatic rings. The van der Waals surface area contributed by atoms with Crippen LogP contribution in [0.4, 0.5) is 0 Å². The first kappa shape index (κ1) is 12.2. The average molecular weight is 227 g/mol. The van der Waals surface area contributed by atoms with Crippen LogP contribution in [-0.2, 0) is 9.84 Å². The molecule has 4 heteroatoms. The van der Waals surface area contributed by atoms with Crippen molar-refractivity contribution in [3.63, 3.8) is 0 Å². The fourth-order valence-corrected chi connectivity index (χ4v) is 2.11. The molecular formula is C11H17NO2S. The molecule has 0 bridgehead atoms. The molecule has 15 heavy (non-hydrogen) atoms. The lowest BCUT2D eigenvalue weighted by atomic mass is 10.1. The van der Waals surface area contributed by atoms with Crippen LogP contribution in [0.15, 0.2) is 29.2 Å². The lowest BCUT2D eigenvalue weighted by Crippen LogP contribution is -2.17. The third-order valence-corrected chi connectivity index (χ3v) is 3.41. The van der Waals surface area contributed by atoms with Crippen molar-refractivity contribution in [1.82, 2.24) is 5.32 Å². The zero-order valence-corrected chi connectivity index (χ0v) is 10.1. The molecule has 1 aromatic carbocycles. The Labute approximate surface area is 91.4 Å². The molecule has 3 nitrogen and oxygen atoms in total. The molecule has 0 aliphatic heterocycles. The second-order valence-corrected chi connectivity index (χ2v) is 5.64. The van der Waals surface area contributed by atoms with Gasteiger partial charge in [-0.3, -0.25) is 0 Å². The van der Waals surface area contributed by atoms with E-state index in [9.17, 15) is 8.42 Å². The van der Waals surface area contributed by atoms with E-state index in [1.165, 1.54) is 6.26 Å². The number of hydrogen-bond donors (Lipinski definition) is 1. The fourth-order valence-electron chi connectivity index (χ4n) is 1.44. The smallest absolute Gasteiger partial charge is 0.175 e. The summed E-state index contributed by atoms with van der Waals surface area (Å²) in [6, 6.07) is 7.23. The summed E-state index contributed by atoms with van der Waals surface area (Å²) in [4.78, 5) is 0.379. The number of hydrogen-bond acceptors (Lipinski definition) is 3. The highest BCUT2D eigenvalue weighted by Gasteiger charge is 2.09. The van der Waals surface area contributed by atoms with Gasteiger partial charge < -0.3 is 5.32 Å². The molecule has 0 heterocycles. The molecule has 0 amide bonds. The van der Waals surface area contributed by atoms with Crippen molar-refractivity contribution in [2.75, 3.05) is 12.8 Å². The van der Waals surface area contributed by atoms with Gasteiger partial charge in [-0.05, 0) is 31.2 Å². The van der Waals surface area contributed by atoms with Gasteiger partial charge in [0.1, 0.15) is 0 Å². The van der Waals surface area contributed by atoms with Crippen LogP contribution in [0.3, 0.4) is 0 Å². The van der Waals surface area contributed by atoms with Crippen molar-refractivity contribution in [3.05, 3.63) is 29.8 Å². The molecule has 0 saturated heterocycles. The van der Waals surface area contributed by atoms with Gasteiger partial charge in [-0.2, -0.15) is 0 Å². The van der Waals surface area contributed by atoms with E-state index in [0.29, 0.717) is 4.90 Å². The second-order valence-electron chi connectivity index (χ2n) is 3.62. The molecule has 0 fully saturated rings. The van der Waals surface area contributed by atoms with Crippen molar-refractivity contribution in [3.8, 4) is 0 Å². The summed E-state index contributed by atoms with van der Waals surface area (Å²) < 4.78 is 22.7. The second kappa shape index (κ2) is 4.77. The first-order valence-electron chi connectivity index (χ1n) is 4.98. The van der Waals surface area contributed by atoms with Crippen LogP contribution >= 0.6 is 0 Å². The molecule has 84 valence electrons. The lowest BCUT2D eigenvalue weighted by molar-refractivity contribution is 0.592. The summed E-state index contributed by atoms with van der Waals surface area (Å²) in [5, 5.41) is 3.25. The van der Waals surface area contributed by atoms with Crippen molar-refractivity contribution in [2.24, 2.45) is 0 Å². The van der Waals surface area contributed by atoms with E-state index < -0.39 is 9.84 Å². The highest BCUT2D eigenvalue weighted by molar-refractivity contribution is 7.90. The highest BCUT2D eigenvalue weighted by Crippen LogP contribution is 2.17. The van der Waals surface area contributed by atoms with Crippen LogP contribution in [0.2, 0.25) is 0 Å². The summed E-state index contributed by atoms with van der Waals surface area (Å²) in [5.41, 5.74) is 1.000. The van der Waals surface area contributed by atoms with E-state index in [0.717, 1.165) is 12.1 Å². The standard InChI is InChI=1S/C11H17NO2S/c1-4-12-9(2)10-6-5-7-11(8-10)15(3,13)14/h5-9,12H,4H2,1-3H3. The predicted molar refractivity (Wildman–Crippen MR) is 61.6 cm³/mol. The van der Waals surface area contributed by atoms with Crippen LogP contribution in [0.5, 0.6) is 0 Å². The number of benzene rings is 1. The van der Waals surface area contributed by atoms with Crippen LogP contribution < -0.4 is 5.32 Å². The monoisotopic (exact) mass is 227 g/mol. The maximum absolute atomic E-state index is 11.3.